The van der Waals surface area contributed by atoms with Crippen LogP contribution in [0.1, 0.15) is 31.7 Å². The molecule has 10 heteroatoms. The second-order valence-electron chi connectivity index (χ2n) is 8.86. The minimum absolute atomic E-state index is 0.0281. The van der Waals surface area contributed by atoms with E-state index < -0.39 is 15.9 Å². The van der Waals surface area contributed by atoms with Gasteiger partial charge < -0.3 is 14.5 Å². The quantitative estimate of drug-likeness (QED) is 0.533. The molecule has 1 atom stereocenters. The van der Waals surface area contributed by atoms with Gasteiger partial charge in [0.05, 0.1) is 17.9 Å². The number of hydrogen-bond acceptors (Lipinski definition) is 5. The number of methoxy groups -OCH3 is 1. The zero-order valence-electron chi connectivity index (χ0n) is 20.2. The zero-order valence-corrected chi connectivity index (χ0v) is 22.6. The molecule has 188 valence electrons. The SMILES string of the molecule is CCC(=O)N1CCc2cc(Br)c(S(=O)(=O)N3CCCC(C(=O)N(C)c4ccc(OC)cc4)C3)cc21. The normalized spacial score (nSPS) is 18.3. The van der Waals surface area contributed by atoms with Crippen molar-refractivity contribution in [3.05, 3.63) is 46.4 Å². The number of amides is 2. The van der Waals surface area contributed by atoms with Gasteiger partial charge in [-0.2, -0.15) is 4.31 Å². The van der Waals surface area contributed by atoms with Crippen molar-refractivity contribution >= 4 is 49.1 Å². The molecule has 0 aliphatic carbocycles. The van der Waals surface area contributed by atoms with Gasteiger partial charge in [-0.1, -0.05) is 6.92 Å². The van der Waals surface area contributed by atoms with Gasteiger partial charge in [-0.25, -0.2) is 8.42 Å². The number of fused-ring (bicyclic) bond motifs is 1. The lowest BCUT2D eigenvalue weighted by molar-refractivity contribution is -0.123. The van der Waals surface area contributed by atoms with Gasteiger partial charge in [0.2, 0.25) is 21.8 Å². The van der Waals surface area contributed by atoms with Crippen molar-refractivity contribution in [3.8, 4) is 5.75 Å². The highest BCUT2D eigenvalue weighted by atomic mass is 79.9. The van der Waals surface area contributed by atoms with E-state index in [9.17, 15) is 18.0 Å². The van der Waals surface area contributed by atoms with Crippen molar-refractivity contribution in [1.29, 1.82) is 0 Å². The van der Waals surface area contributed by atoms with Gasteiger partial charge in [-0.05, 0) is 77.2 Å². The maximum Gasteiger partial charge on any atom is 0.244 e. The van der Waals surface area contributed by atoms with Gasteiger partial charge >= 0.3 is 0 Å². The third kappa shape index (κ3) is 4.96. The molecule has 1 unspecified atom stereocenters. The molecule has 2 amide bonds. The molecule has 2 aromatic rings. The van der Waals surface area contributed by atoms with Crippen LogP contribution < -0.4 is 14.5 Å². The first-order chi connectivity index (χ1) is 16.7. The highest BCUT2D eigenvalue weighted by Crippen LogP contribution is 2.38. The monoisotopic (exact) mass is 563 g/mol. The Hall–Kier alpha value is -2.43. The van der Waals surface area contributed by atoms with Gasteiger partial charge in [-0.15, -0.1) is 0 Å². The number of anilines is 2. The Labute approximate surface area is 215 Å². The van der Waals surface area contributed by atoms with Gasteiger partial charge in [0.25, 0.3) is 0 Å². The number of carbonyl (C=O) groups excluding carboxylic acids is 2. The number of carbonyl (C=O) groups is 2. The first kappa shape index (κ1) is 25.7. The Kier molecular flexibility index (Phi) is 7.54. The number of nitrogens with zero attached hydrogens (tertiary/aromatic N) is 3. The average molecular weight is 565 g/mol. The molecule has 1 saturated heterocycles. The highest BCUT2D eigenvalue weighted by Gasteiger charge is 2.37. The smallest absolute Gasteiger partial charge is 0.244 e. The zero-order chi connectivity index (χ0) is 25.3. The summed E-state index contributed by atoms with van der Waals surface area (Å²) in [5.74, 6) is 0.100. The number of sulfonamides is 1. The summed E-state index contributed by atoms with van der Waals surface area (Å²) >= 11 is 3.44. The Morgan fingerprint density at radius 1 is 1.17 bits per heavy atom. The Morgan fingerprint density at radius 2 is 1.89 bits per heavy atom. The van der Waals surface area contributed by atoms with E-state index in [2.05, 4.69) is 15.9 Å². The molecule has 2 aromatic carbocycles. The van der Waals surface area contributed by atoms with Crippen LogP contribution in [0.3, 0.4) is 0 Å². The highest BCUT2D eigenvalue weighted by molar-refractivity contribution is 9.10. The summed E-state index contributed by atoms with van der Waals surface area (Å²) in [6, 6.07) is 10.6. The van der Waals surface area contributed by atoms with Crippen molar-refractivity contribution in [3.63, 3.8) is 0 Å². The Balaban J connectivity index is 1.56. The number of piperidine rings is 1. The van der Waals surface area contributed by atoms with Crippen LogP contribution in [0.25, 0.3) is 0 Å². The molecular formula is C25H30BrN3O5S. The lowest BCUT2D eigenvalue weighted by Crippen LogP contribution is -2.46. The second kappa shape index (κ2) is 10.3. The van der Waals surface area contributed by atoms with Crippen LogP contribution in [0.4, 0.5) is 11.4 Å². The lowest BCUT2D eigenvalue weighted by Gasteiger charge is -2.33. The van der Waals surface area contributed by atoms with E-state index in [0.29, 0.717) is 54.7 Å². The van der Waals surface area contributed by atoms with Gasteiger partial charge in [-0.3, -0.25) is 9.59 Å². The Morgan fingerprint density at radius 3 is 2.54 bits per heavy atom. The fourth-order valence-corrected chi connectivity index (χ4v) is 7.34. The molecule has 4 rings (SSSR count). The lowest BCUT2D eigenvalue weighted by atomic mass is 9.98. The van der Waals surface area contributed by atoms with Crippen LogP contribution in [0.5, 0.6) is 5.75 Å². The van der Waals surface area contributed by atoms with E-state index >= 15 is 0 Å². The van der Waals surface area contributed by atoms with E-state index in [0.717, 1.165) is 11.3 Å². The molecule has 8 nitrogen and oxygen atoms in total. The molecule has 0 saturated carbocycles. The third-order valence-corrected chi connectivity index (χ3v) is 9.60. The van der Waals surface area contributed by atoms with Crippen LogP contribution >= 0.6 is 15.9 Å². The molecule has 2 heterocycles. The van der Waals surface area contributed by atoms with Gasteiger partial charge in [0.1, 0.15) is 5.75 Å². The fraction of sp³-hybridized carbons (Fsp3) is 0.440. The summed E-state index contributed by atoms with van der Waals surface area (Å²) in [5.41, 5.74) is 2.32. The van der Waals surface area contributed by atoms with Gasteiger partial charge in [0.15, 0.2) is 0 Å². The molecule has 2 aliphatic rings. The molecule has 1 fully saturated rings. The van der Waals surface area contributed by atoms with Crippen LogP contribution in [0.2, 0.25) is 0 Å². The van der Waals surface area contributed by atoms with Crippen LogP contribution in [0.15, 0.2) is 45.8 Å². The minimum atomic E-state index is -3.87. The Bertz CT molecular complexity index is 1230. The van der Waals surface area contributed by atoms with E-state index in [1.54, 1.807) is 67.3 Å². The van der Waals surface area contributed by atoms with E-state index in [-0.39, 0.29) is 23.3 Å². The third-order valence-electron chi connectivity index (χ3n) is 6.77. The number of ether oxygens (including phenoxy) is 1. The molecule has 0 N–H and O–H groups in total. The first-order valence-electron chi connectivity index (χ1n) is 11.7. The minimum Gasteiger partial charge on any atom is -0.497 e. The predicted octanol–water partition coefficient (Wildman–Crippen LogP) is 3.82. The predicted molar refractivity (Wildman–Crippen MR) is 138 cm³/mol. The van der Waals surface area contributed by atoms with Crippen molar-refractivity contribution < 1.29 is 22.7 Å². The van der Waals surface area contributed by atoms with Crippen molar-refractivity contribution in [1.82, 2.24) is 4.31 Å². The molecule has 0 aromatic heterocycles. The summed E-state index contributed by atoms with van der Waals surface area (Å²) in [6.07, 6.45) is 2.26. The van der Waals surface area contributed by atoms with Crippen LogP contribution in [-0.4, -0.2) is 58.3 Å². The van der Waals surface area contributed by atoms with Crippen LogP contribution in [0, 0.1) is 5.92 Å². The molecule has 2 aliphatic heterocycles. The maximum atomic E-state index is 13.7. The van der Waals surface area contributed by atoms with Crippen molar-refractivity contribution in [2.45, 2.75) is 37.5 Å². The number of benzene rings is 2. The van der Waals surface area contributed by atoms with Crippen molar-refractivity contribution in [2.24, 2.45) is 5.92 Å². The number of rotatable bonds is 6. The largest absolute Gasteiger partial charge is 0.497 e. The van der Waals surface area contributed by atoms with E-state index in [4.69, 9.17) is 4.74 Å². The molecule has 0 radical (unpaired) electrons. The van der Waals surface area contributed by atoms with E-state index in [1.165, 1.54) is 4.31 Å². The number of halogens is 1. The summed E-state index contributed by atoms with van der Waals surface area (Å²) in [7, 11) is -0.589. The molecule has 0 spiro atoms. The summed E-state index contributed by atoms with van der Waals surface area (Å²) in [4.78, 5) is 29.0. The topological polar surface area (TPSA) is 87.2 Å². The molecule has 35 heavy (non-hydrogen) atoms. The average Bonchev–Trinajstić information content (AvgIpc) is 3.29. The first-order valence-corrected chi connectivity index (χ1v) is 13.9. The number of hydrogen-bond donors (Lipinski definition) is 0. The van der Waals surface area contributed by atoms with E-state index in [1.807, 2.05) is 0 Å². The van der Waals surface area contributed by atoms with Crippen LogP contribution in [-0.2, 0) is 26.0 Å². The van der Waals surface area contributed by atoms with Crippen molar-refractivity contribution in [2.75, 3.05) is 43.6 Å². The molecular weight excluding hydrogens is 534 g/mol. The maximum absolute atomic E-state index is 13.7. The second-order valence-corrected chi connectivity index (χ2v) is 11.6. The summed E-state index contributed by atoms with van der Waals surface area (Å²) in [6.45, 7) is 2.81. The summed E-state index contributed by atoms with van der Waals surface area (Å²) < 4.78 is 34.4. The fourth-order valence-electron chi connectivity index (χ4n) is 4.74. The molecule has 0 bridgehead atoms. The summed E-state index contributed by atoms with van der Waals surface area (Å²) in [5, 5.41) is 0. The van der Waals surface area contributed by atoms with Gasteiger partial charge in [0, 0.05) is 49.0 Å². The standard InChI is InChI=1S/C25H30BrN3O5S/c1-4-24(30)29-13-11-17-14-21(26)23(15-22(17)29)35(32,33)28-12-5-6-18(16-28)25(31)27(2)19-7-9-20(34-3)10-8-19/h7-10,14-15,18H,4-6,11-13,16H2,1-3H3.